The van der Waals surface area contributed by atoms with Crippen molar-refractivity contribution in [1.29, 1.82) is 0 Å². The summed E-state index contributed by atoms with van der Waals surface area (Å²) < 4.78 is 6.02. The lowest BCUT2D eigenvalue weighted by molar-refractivity contribution is -0.137. The molecule has 3 rings (SSSR count). The molecule has 0 aliphatic carbocycles. The minimum Gasteiger partial charge on any atom is -0.485 e. The molecule has 3 heteroatoms. The molecule has 0 saturated carbocycles. The fourth-order valence-corrected chi connectivity index (χ4v) is 4.52. The topological polar surface area (TPSA) is 46.5 Å². The number of carboxylic acid groups (broad SMARTS) is 1. The highest BCUT2D eigenvalue weighted by molar-refractivity contribution is 5.66. The van der Waals surface area contributed by atoms with Crippen molar-refractivity contribution < 1.29 is 14.6 Å². The first-order valence-corrected chi connectivity index (χ1v) is 13.7. The summed E-state index contributed by atoms with van der Waals surface area (Å²) in [5.41, 5.74) is 2.60. The Bertz CT molecular complexity index is 771. The first-order valence-electron chi connectivity index (χ1n) is 13.7. The van der Waals surface area contributed by atoms with E-state index >= 15 is 0 Å². The first kappa shape index (κ1) is 28.0. The predicted octanol–water partition coefficient (Wildman–Crippen LogP) is 9.31. The normalized spacial score (nSPS) is 14.4. The van der Waals surface area contributed by atoms with Crippen molar-refractivity contribution in [2.24, 2.45) is 0 Å². The summed E-state index contributed by atoms with van der Waals surface area (Å²) in [6.45, 7) is 2.26. The van der Waals surface area contributed by atoms with Crippen LogP contribution in [0.15, 0.2) is 54.6 Å². The zero-order valence-electron chi connectivity index (χ0n) is 21.4. The van der Waals surface area contributed by atoms with E-state index in [0.717, 1.165) is 31.4 Å². The summed E-state index contributed by atoms with van der Waals surface area (Å²) in [6, 6.07) is 18.8. The van der Waals surface area contributed by atoms with Gasteiger partial charge in [-0.1, -0.05) is 133 Å². The largest absolute Gasteiger partial charge is 0.485 e. The average molecular weight is 467 g/mol. The number of aryl methyl sites for hydroxylation is 1. The van der Waals surface area contributed by atoms with Gasteiger partial charge in [-0.25, -0.2) is 0 Å². The van der Waals surface area contributed by atoms with Crippen molar-refractivity contribution in [2.75, 3.05) is 0 Å². The molecule has 1 atom stereocenters. The zero-order valence-corrected chi connectivity index (χ0v) is 21.4. The molecule has 0 saturated heterocycles. The van der Waals surface area contributed by atoms with Gasteiger partial charge in [0.1, 0.15) is 11.9 Å². The van der Waals surface area contributed by atoms with E-state index < -0.39 is 5.97 Å². The number of ether oxygens (including phenoxy) is 1. The maximum Gasteiger partial charge on any atom is 0.303 e. The van der Waals surface area contributed by atoms with Gasteiger partial charge >= 0.3 is 5.97 Å². The van der Waals surface area contributed by atoms with E-state index in [-0.39, 0.29) is 6.10 Å². The van der Waals surface area contributed by atoms with Crippen LogP contribution in [0.2, 0.25) is 0 Å². The van der Waals surface area contributed by atoms with E-state index in [9.17, 15) is 4.79 Å². The molecule has 34 heavy (non-hydrogen) atoms. The van der Waals surface area contributed by atoms with Crippen LogP contribution in [0.25, 0.3) is 0 Å². The van der Waals surface area contributed by atoms with Crippen LogP contribution in [0.4, 0.5) is 0 Å². The molecule has 2 aromatic carbocycles. The van der Waals surface area contributed by atoms with Crippen molar-refractivity contribution in [3.8, 4) is 5.75 Å². The van der Waals surface area contributed by atoms with E-state index in [1.165, 1.54) is 81.8 Å². The van der Waals surface area contributed by atoms with Gasteiger partial charge in [0.15, 0.2) is 0 Å². The van der Waals surface area contributed by atoms with Crippen LogP contribution in [-0.2, 0) is 11.2 Å². The lowest BCUT2D eigenvalue weighted by atomic mass is 9.98. The second-order valence-corrected chi connectivity index (χ2v) is 9.55. The number of fused-ring (bicyclic) bond motifs is 1. The third-order valence-corrected chi connectivity index (χ3v) is 6.58. The van der Waals surface area contributed by atoms with E-state index in [1.54, 1.807) is 0 Å². The smallest absolute Gasteiger partial charge is 0.303 e. The van der Waals surface area contributed by atoms with E-state index in [4.69, 9.17) is 9.84 Å². The Hall–Kier alpha value is -2.29. The summed E-state index contributed by atoms with van der Waals surface area (Å²) in [5, 5.41) is 8.49. The third kappa shape index (κ3) is 12.3. The van der Waals surface area contributed by atoms with Crippen molar-refractivity contribution in [3.05, 3.63) is 65.7 Å². The number of rotatable bonds is 15. The van der Waals surface area contributed by atoms with Crippen LogP contribution in [0, 0.1) is 0 Å². The highest BCUT2D eigenvalue weighted by atomic mass is 16.5. The zero-order chi connectivity index (χ0) is 24.3. The Kier molecular flexibility index (Phi) is 14.9. The molecule has 188 valence electrons. The molecule has 1 aliphatic rings. The molecule has 1 N–H and O–H groups in total. The molecule has 1 aliphatic heterocycles. The molecule has 0 aromatic heterocycles. The molecule has 0 bridgehead atoms. The van der Waals surface area contributed by atoms with Crippen molar-refractivity contribution in [3.63, 3.8) is 0 Å². The van der Waals surface area contributed by atoms with Gasteiger partial charge in [0.05, 0.1) is 0 Å². The number of aliphatic carboxylic acids is 1. The molecule has 0 radical (unpaired) electrons. The minimum atomic E-state index is -0.655. The maximum atomic E-state index is 10.3. The van der Waals surface area contributed by atoms with E-state index in [2.05, 4.69) is 49.4 Å². The fraction of sp³-hybridized carbons (Fsp3) is 0.581. The van der Waals surface area contributed by atoms with Crippen LogP contribution in [0.3, 0.4) is 0 Å². The number of hydrogen-bond acceptors (Lipinski definition) is 2. The van der Waals surface area contributed by atoms with Crippen molar-refractivity contribution in [2.45, 2.75) is 116 Å². The molecule has 1 heterocycles. The van der Waals surface area contributed by atoms with E-state index in [0.29, 0.717) is 6.42 Å². The monoisotopic (exact) mass is 466 g/mol. The minimum absolute atomic E-state index is 0.219. The predicted molar refractivity (Wildman–Crippen MR) is 143 cm³/mol. The Balaban J connectivity index is 0.000000241. The standard InChI is InChI=1S/C16H32O2.C15H14O/c1-2-3-4-5-6-7-8-9-10-11-12-13-14-15-16(17)18;1-2-6-12(7-3-1)15-11-10-13-8-4-5-9-14(13)16-15/h2-15H2,1H3,(H,17,18);1-9,15H,10-11H2. The summed E-state index contributed by atoms with van der Waals surface area (Å²) in [7, 11) is 0. The molecule has 3 nitrogen and oxygen atoms in total. The Morgan fingerprint density at radius 2 is 1.29 bits per heavy atom. The maximum absolute atomic E-state index is 10.3. The van der Waals surface area contributed by atoms with Crippen LogP contribution >= 0.6 is 0 Å². The number of carbonyl (C=O) groups is 1. The second-order valence-electron chi connectivity index (χ2n) is 9.55. The quantitative estimate of drug-likeness (QED) is 0.266. The number of benzene rings is 2. The molecule has 1 unspecified atom stereocenters. The second kappa shape index (κ2) is 18.1. The van der Waals surface area contributed by atoms with Crippen molar-refractivity contribution in [1.82, 2.24) is 0 Å². The Labute approximate surface area is 207 Å². The highest BCUT2D eigenvalue weighted by Crippen LogP contribution is 2.34. The fourth-order valence-electron chi connectivity index (χ4n) is 4.52. The summed E-state index contributed by atoms with van der Waals surface area (Å²) >= 11 is 0. The first-order chi connectivity index (χ1) is 16.7. The number of hydrogen-bond donors (Lipinski definition) is 1. The summed E-state index contributed by atoms with van der Waals surface area (Å²) in [6.07, 6.45) is 19.7. The summed E-state index contributed by atoms with van der Waals surface area (Å²) in [5.74, 6) is 0.390. The number of para-hydroxylation sites is 1. The van der Waals surface area contributed by atoms with Gasteiger partial charge in [-0.2, -0.15) is 0 Å². The van der Waals surface area contributed by atoms with Gasteiger partial charge in [-0.15, -0.1) is 0 Å². The van der Waals surface area contributed by atoms with Crippen LogP contribution in [-0.4, -0.2) is 11.1 Å². The van der Waals surface area contributed by atoms with Crippen molar-refractivity contribution >= 4 is 5.97 Å². The summed E-state index contributed by atoms with van der Waals surface area (Å²) in [4.78, 5) is 10.3. The van der Waals surface area contributed by atoms with Crippen LogP contribution < -0.4 is 4.74 Å². The van der Waals surface area contributed by atoms with Gasteiger partial charge < -0.3 is 9.84 Å². The lowest BCUT2D eigenvalue weighted by Crippen LogP contribution is -2.14. The van der Waals surface area contributed by atoms with Gasteiger partial charge in [-0.3, -0.25) is 4.79 Å². The van der Waals surface area contributed by atoms with E-state index in [1.807, 2.05) is 12.1 Å². The highest BCUT2D eigenvalue weighted by Gasteiger charge is 2.20. The van der Waals surface area contributed by atoms with Gasteiger partial charge in [0, 0.05) is 6.42 Å². The number of carboxylic acids is 1. The van der Waals surface area contributed by atoms with Crippen LogP contribution in [0.5, 0.6) is 5.75 Å². The van der Waals surface area contributed by atoms with Gasteiger partial charge in [-0.05, 0) is 36.5 Å². The van der Waals surface area contributed by atoms with Crippen LogP contribution in [0.1, 0.15) is 120 Å². The van der Waals surface area contributed by atoms with Gasteiger partial charge in [0.25, 0.3) is 0 Å². The molecule has 0 spiro atoms. The molecule has 0 amide bonds. The SMILES string of the molecule is CCCCCCCCCCCCCCCC(=O)O.c1ccc(C2CCc3ccccc3O2)cc1. The Morgan fingerprint density at radius 1 is 0.765 bits per heavy atom. The molecule has 2 aromatic rings. The average Bonchev–Trinajstić information content (AvgIpc) is 2.87. The number of unbranched alkanes of at least 4 members (excludes halogenated alkanes) is 12. The Morgan fingerprint density at radius 3 is 1.88 bits per heavy atom. The molecular weight excluding hydrogens is 420 g/mol. The lowest BCUT2D eigenvalue weighted by Gasteiger charge is -2.26. The third-order valence-electron chi connectivity index (χ3n) is 6.58. The molecule has 0 fully saturated rings. The molecular formula is C31H46O3. The van der Waals surface area contributed by atoms with Gasteiger partial charge in [0.2, 0.25) is 0 Å².